The molecule has 1 amide bonds. The van der Waals surface area contributed by atoms with Gasteiger partial charge in [-0.1, -0.05) is 34.6 Å². The minimum Gasteiger partial charge on any atom is -0.322 e. The number of benzene rings is 1. The van der Waals surface area contributed by atoms with Gasteiger partial charge in [-0.3, -0.25) is 4.79 Å². The standard InChI is InChI=1S/C13H16BrNO/c1-9(2)12(16)15-11-7-5-10(6-8-11)13(3,4)14/h5-8H,1H2,2-4H3,(H,15,16). The van der Waals surface area contributed by atoms with Crippen LogP contribution < -0.4 is 5.32 Å². The van der Waals surface area contributed by atoms with E-state index in [2.05, 4.69) is 41.7 Å². The van der Waals surface area contributed by atoms with Crippen LogP contribution in [0, 0.1) is 0 Å². The lowest BCUT2D eigenvalue weighted by Crippen LogP contribution is -2.12. The third-order valence-corrected chi connectivity index (χ3v) is 2.67. The smallest absolute Gasteiger partial charge is 0.250 e. The first kappa shape index (κ1) is 13.0. The Hall–Kier alpha value is -1.09. The zero-order valence-corrected chi connectivity index (χ0v) is 11.4. The highest BCUT2D eigenvalue weighted by atomic mass is 79.9. The zero-order chi connectivity index (χ0) is 12.3. The second kappa shape index (κ2) is 4.83. The van der Waals surface area contributed by atoms with Gasteiger partial charge in [0.1, 0.15) is 0 Å². The lowest BCUT2D eigenvalue weighted by atomic mass is 10.0. The van der Waals surface area contributed by atoms with E-state index in [4.69, 9.17) is 0 Å². The van der Waals surface area contributed by atoms with Crippen molar-refractivity contribution in [2.75, 3.05) is 5.32 Å². The van der Waals surface area contributed by atoms with Crippen LogP contribution in [0.4, 0.5) is 5.69 Å². The summed E-state index contributed by atoms with van der Waals surface area (Å²) < 4.78 is -0.0517. The Morgan fingerprint density at radius 3 is 2.19 bits per heavy atom. The van der Waals surface area contributed by atoms with Crippen LogP contribution >= 0.6 is 15.9 Å². The Kier molecular flexibility index (Phi) is 3.92. The quantitative estimate of drug-likeness (QED) is 0.662. The van der Waals surface area contributed by atoms with Gasteiger partial charge in [0.05, 0.1) is 0 Å². The van der Waals surface area contributed by atoms with Crippen molar-refractivity contribution in [2.45, 2.75) is 25.1 Å². The van der Waals surface area contributed by atoms with Crippen LogP contribution in [0.25, 0.3) is 0 Å². The summed E-state index contributed by atoms with van der Waals surface area (Å²) in [6.07, 6.45) is 0. The van der Waals surface area contributed by atoms with Crippen molar-refractivity contribution in [3.8, 4) is 0 Å². The monoisotopic (exact) mass is 281 g/mol. The second-order valence-corrected chi connectivity index (χ2v) is 6.27. The topological polar surface area (TPSA) is 29.1 Å². The Balaban J connectivity index is 2.80. The Bertz CT molecular complexity index is 401. The summed E-state index contributed by atoms with van der Waals surface area (Å²) in [5.74, 6) is -0.147. The Morgan fingerprint density at radius 2 is 1.81 bits per heavy atom. The maximum Gasteiger partial charge on any atom is 0.250 e. The van der Waals surface area contributed by atoms with Crippen molar-refractivity contribution in [2.24, 2.45) is 0 Å². The van der Waals surface area contributed by atoms with Crippen LogP contribution in [0.3, 0.4) is 0 Å². The fraction of sp³-hybridized carbons (Fsp3) is 0.308. The Morgan fingerprint density at radius 1 is 1.31 bits per heavy atom. The molecule has 0 spiro atoms. The number of nitrogens with one attached hydrogen (secondary N) is 1. The summed E-state index contributed by atoms with van der Waals surface area (Å²) in [5.41, 5.74) is 2.46. The highest BCUT2D eigenvalue weighted by Gasteiger charge is 2.15. The van der Waals surface area contributed by atoms with Crippen molar-refractivity contribution < 1.29 is 4.79 Å². The van der Waals surface area contributed by atoms with Crippen LogP contribution in [0.2, 0.25) is 0 Å². The SMILES string of the molecule is C=C(C)C(=O)Nc1ccc(C(C)(C)Br)cc1. The predicted octanol–water partition coefficient (Wildman–Crippen LogP) is 3.83. The van der Waals surface area contributed by atoms with E-state index in [-0.39, 0.29) is 10.2 Å². The minimum atomic E-state index is -0.147. The predicted molar refractivity (Wildman–Crippen MR) is 71.8 cm³/mol. The van der Waals surface area contributed by atoms with E-state index in [1.54, 1.807) is 6.92 Å². The minimum absolute atomic E-state index is 0.0517. The molecule has 0 atom stereocenters. The summed E-state index contributed by atoms with van der Waals surface area (Å²) in [6.45, 7) is 9.43. The molecule has 0 unspecified atom stereocenters. The average molecular weight is 282 g/mol. The number of alkyl halides is 1. The average Bonchev–Trinajstić information content (AvgIpc) is 2.17. The van der Waals surface area contributed by atoms with Crippen molar-refractivity contribution in [3.63, 3.8) is 0 Å². The molecule has 2 nitrogen and oxygen atoms in total. The molecule has 1 aromatic carbocycles. The molecule has 1 N–H and O–H groups in total. The van der Waals surface area contributed by atoms with Gasteiger partial charge in [0.25, 0.3) is 5.91 Å². The number of anilines is 1. The number of carbonyl (C=O) groups is 1. The molecule has 1 aromatic rings. The van der Waals surface area contributed by atoms with Gasteiger partial charge >= 0.3 is 0 Å². The van der Waals surface area contributed by atoms with Crippen LogP contribution in [-0.2, 0) is 9.12 Å². The van der Waals surface area contributed by atoms with Gasteiger partial charge in [-0.05, 0) is 38.5 Å². The first-order chi connectivity index (χ1) is 7.30. The van der Waals surface area contributed by atoms with Crippen molar-refractivity contribution in [1.29, 1.82) is 0 Å². The number of rotatable bonds is 3. The first-order valence-electron chi connectivity index (χ1n) is 5.07. The van der Waals surface area contributed by atoms with Crippen LogP contribution in [0.15, 0.2) is 36.4 Å². The lowest BCUT2D eigenvalue weighted by Gasteiger charge is -2.17. The summed E-state index contributed by atoms with van der Waals surface area (Å²) in [4.78, 5) is 11.4. The fourth-order valence-corrected chi connectivity index (χ4v) is 1.45. The van der Waals surface area contributed by atoms with E-state index in [0.717, 1.165) is 5.69 Å². The maximum atomic E-state index is 11.4. The third-order valence-electron chi connectivity index (χ3n) is 2.22. The number of carbonyl (C=O) groups excluding carboxylic acids is 1. The van der Waals surface area contributed by atoms with E-state index >= 15 is 0 Å². The summed E-state index contributed by atoms with van der Waals surface area (Å²) in [5, 5.41) is 2.77. The largest absolute Gasteiger partial charge is 0.322 e. The van der Waals surface area contributed by atoms with Crippen molar-refractivity contribution >= 4 is 27.5 Å². The fourth-order valence-electron chi connectivity index (χ4n) is 1.19. The van der Waals surface area contributed by atoms with E-state index < -0.39 is 0 Å². The summed E-state index contributed by atoms with van der Waals surface area (Å²) >= 11 is 3.58. The zero-order valence-electron chi connectivity index (χ0n) is 9.80. The molecule has 0 aromatic heterocycles. The molecule has 0 fully saturated rings. The lowest BCUT2D eigenvalue weighted by molar-refractivity contribution is -0.112. The van der Waals surface area contributed by atoms with Gasteiger partial charge in [0.15, 0.2) is 0 Å². The molecule has 0 saturated carbocycles. The van der Waals surface area contributed by atoms with E-state index in [1.165, 1.54) is 5.56 Å². The molecule has 3 heteroatoms. The van der Waals surface area contributed by atoms with Gasteiger partial charge in [0, 0.05) is 15.6 Å². The highest BCUT2D eigenvalue weighted by molar-refractivity contribution is 9.09. The summed E-state index contributed by atoms with van der Waals surface area (Å²) in [6, 6.07) is 7.75. The first-order valence-corrected chi connectivity index (χ1v) is 5.86. The van der Waals surface area contributed by atoms with Gasteiger partial charge in [-0.15, -0.1) is 0 Å². The third kappa shape index (κ3) is 3.49. The van der Waals surface area contributed by atoms with Crippen LogP contribution in [0.1, 0.15) is 26.3 Å². The van der Waals surface area contributed by atoms with E-state index in [0.29, 0.717) is 5.57 Å². The van der Waals surface area contributed by atoms with Gasteiger partial charge in [-0.25, -0.2) is 0 Å². The number of hydrogen-bond donors (Lipinski definition) is 1. The number of hydrogen-bond acceptors (Lipinski definition) is 1. The molecule has 0 heterocycles. The van der Waals surface area contributed by atoms with Crippen LogP contribution in [0.5, 0.6) is 0 Å². The van der Waals surface area contributed by atoms with E-state index in [1.807, 2.05) is 24.3 Å². The molecule has 0 bridgehead atoms. The molecular weight excluding hydrogens is 266 g/mol. The molecule has 1 rings (SSSR count). The normalized spacial score (nSPS) is 11.0. The summed E-state index contributed by atoms with van der Waals surface area (Å²) in [7, 11) is 0. The van der Waals surface area contributed by atoms with Gasteiger partial charge in [0.2, 0.25) is 0 Å². The maximum absolute atomic E-state index is 11.4. The Labute approximate surface area is 105 Å². The number of halogens is 1. The van der Waals surface area contributed by atoms with E-state index in [9.17, 15) is 4.79 Å². The second-order valence-electron chi connectivity index (χ2n) is 4.28. The molecule has 0 radical (unpaired) electrons. The van der Waals surface area contributed by atoms with Crippen LogP contribution in [-0.4, -0.2) is 5.91 Å². The van der Waals surface area contributed by atoms with Crippen molar-refractivity contribution in [3.05, 3.63) is 42.0 Å². The molecule has 0 aliphatic heterocycles. The molecule has 16 heavy (non-hydrogen) atoms. The number of amides is 1. The molecule has 86 valence electrons. The molecule has 0 saturated heterocycles. The molecule has 0 aliphatic carbocycles. The van der Waals surface area contributed by atoms with Gasteiger partial charge < -0.3 is 5.32 Å². The van der Waals surface area contributed by atoms with Crippen molar-refractivity contribution in [1.82, 2.24) is 0 Å². The highest BCUT2D eigenvalue weighted by Crippen LogP contribution is 2.30. The van der Waals surface area contributed by atoms with Gasteiger partial charge in [-0.2, -0.15) is 0 Å². The molecule has 0 aliphatic rings. The molecular formula is C13H16BrNO.